The number of pyridine rings is 1. The first-order valence-electron chi connectivity index (χ1n) is 11.1. The second-order valence-electron chi connectivity index (χ2n) is 8.69. The molecule has 12 nitrogen and oxygen atoms in total. The van der Waals surface area contributed by atoms with Crippen LogP contribution < -0.4 is 15.6 Å². The minimum atomic E-state index is -1.31. The molecule has 1 unspecified atom stereocenters. The molecule has 34 heavy (non-hydrogen) atoms. The normalized spacial score (nSPS) is 17.8. The number of carboxylic acid groups (broad SMARTS) is 1. The first-order valence-corrected chi connectivity index (χ1v) is 11.1. The Hall–Kier alpha value is -3.58. The number of piperazine rings is 1. The lowest BCUT2D eigenvalue weighted by Crippen LogP contribution is -2.49. The minimum absolute atomic E-state index is 0.0870. The summed E-state index contributed by atoms with van der Waals surface area (Å²) in [4.78, 5) is 28.2. The third kappa shape index (κ3) is 4.43. The Balaban J connectivity index is 1.30. The zero-order chi connectivity index (χ0) is 23.8. The highest BCUT2D eigenvalue weighted by molar-refractivity contribution is 5.93. The zero-order valence-corrected chi connectivity index (χ0v) is 18.3. The van der Waals surface area contributed by atoms with Crippen molar-refractivity contribution in [2.24, 2.45) is 0 Å². The van der Waals surface area contributed by atoms with Crippen molar-refractivity contribution in [3.63, 3.8) is 0 Å². The van der Waals surface area contributed by atoms with Gasteiger partial charge >= 0.3 is 5.97 Å². The van der Waals surface area contributed by atoms with Crippen LogP contribution in [0.2, 0.25) is 0 Å². The molecule has 1 saturated heterocycles. The van der Waals surface area contributed by atoms with E-state index in [2.05, 4.69) is 30.8 Å². The third-order valence-corrected chi connectivity index (χ3v) is 6.29. The molecule has 13 heteroatoms. The number of anilines is 2. The molecule has 3 aromatic rings. The maximum atomic E-state index is 15.1. The van der Waals surface area contributed by atoms with Crippen LogP contribution in [0.4, 0.5) is 16.0 Å². The average molecular weight is 472 g/mol. The molecule has 1 saturated carbocycles. The van der Waals surface area contributed by atoms with E-state index >= 15 is 4.39 Å². The Kier molecular flexibility index (Phi) is 5.87. The van der Waals surface area contributed by atoms with Crippen LogP contribution in [0.3, 0.4) is 0 Å². The molecule has 1 aromatic carbocycles. The van der Waals surface area contributed by atoms with Gasteiger partial charge in [-0.2, -0.15) is 5.21 Å². The molecule has 0 spiro atoms. The van der Waals surface area contributed by atoms with Crippen LogP contribution in [0.5, 0.6) is 0 Å². The van der Waals surface area contributed by atoms with Crippen LogP contribution in [-0.4, -0.2) is 91.6 Å². The van der Waals surface area contributed by atoms with E-state index in [1.807, 2.05) is 4.90 Å². The molecular weight excluding hydrogens is 447 g/mol. The fourth-order valence-corrected chi connectivity index (χ4v) is 4.39. The van der Waals surface area contributed by atoms with E-state index in [0.29, 0.717) is 49.9 Å². The predicted molar refractivity (Wildman–Crippen MR) is 121 cm³/mol. The third-order valence-electron chi connectivity index (χ3n) is 6.29. The molecule has 5 rings (SSSR count). The van der Waals surface area contributed by atoms with E-state index in [1.54, 1.807) is 10.6 Å². The summed E-state index contributed by atoms with van der Waals surface area (Å²) in [5.41, 5.74) is -0.0618. The number of rotatable bonds is 8. The lowest BCUT2D eigenvalue weighted by atomic mass is 10.1. The molecule has 3 heterocycles. The number of carboxylic acids is 1. The van der Waals surface area contributed by atoms with Crippen LogP contribution >= 0.6 is 0 Å². The SMILES string of the molecule is O=C(O)c1cn(C2CC2)c2cc(N3CCN(CC(O)CNc4nn[nH]n4)CC3)c(F)cc2c1=O. The van der Waals surface area contributed by atoms with E-state index in [0.717, 1.165) is 18.9 Å². The molecule has 2 fully saturated rings. The Bertz CT molecular complexity index is 1250. The quantitative estimate of drug-likeness (QED) is 0.360. The maximum absolute atomic E-state index is 15.1. The molecular formula is C21H25FN8O4. The second-order valence-corrected chi connectivity index (χ2v) is 8.69. The highest BCUT2D eigenvalue weighted by Crippen LogP contribution is 2.38. The number of tetrazole rings is 1. The Labute approximate surface area is 193 Å². The number of carbonyl (C=O) groups is 1. The molecule has 2 aromatic heterocycles. The molecule has 1 aliphatic heterocycles. The second kappa shape index (κ2) is 8.99. The summed E-state index contributed by atoms with van der Waals surface area (Å²) in [6, 6.07) is 2.95. The van der Waals surface area contributed by atoms with Gasteiger partial charge in [0, 0.05) is 56.9 Å². The number of β-amino-alcohol motifs (C(OH)–C–C–N with tert-alkyl or cyclic N) is 1. The molecule has 2 aliphatic rings. The number of nitrogens with zero attached hydrogens (tertiary/aromatic N) is 6. The van der Waals surface area contributed by atoms with Crippen molar-refractivity contribution in [3.05, 3.63) is 39.9 Å². The molecule has 1 atom stereocenters. The van der Waals surface area contributed by atoms with Crippen LogP contribution in [0, 0.1) is 5.82 Å². The van der Waals surface area contributed by atoms with Gasteiger partial charge in [0.1, 0.15) is 11.4 Å². The maximum Gasteiger partial charge on any atom is 0.341 e. The van der Waals surface area contributed by atoms with E-state index in [9.17, 15) is 19.8 Å². The van der Waals surface area contributed by atoms with Gasteiger partial charge in [0.15, 0.2) is 0 Å². The number of hydrogen-bond acceptors (Lipinski definition) is 9. The number of fused-ring (bicyclic) bond motifs is 1. The largest absolute Gasteiger partial charge is 0.477 e. The van der Waals surface area contributed by atoms with E-state index < -0.39 is 23.3 Å². The number of halogens is 1. The van der Waals surface area contributed by atoms with Gasteiger partial charge in [-0.1, -0.05) is 5.10 Å². The fourth-order valence-electron chi connectivity index (χ4n) is 4.39. The van der Waals surface area contributed by atoms with Crippen molar-refractivity contribution < 1.29 is 19.4 Å². The Morgan fingerprint density at radius 2 is 2.03 bits per heavy atom. The number of H-pyrrole nitrogens is 1. The lowest BCUT2D eigenvalue weighted by Gasteiger charge is -2.37. The van der Waals surface area contributed by atoms with Crippen molar-refractivity contribution in [2.75, 3.05) is 49.5 Å². The van der Waals surface area contributed by atoms with E-state index in [1.165, 1.54) is 6.20 Å². The standard InChI is InChI=1S/C21H25FN8O4/c22-16-7-14-17(30(12-1-2-12)11-15(19(14)32)20(33)34)8-18(16)29-5-3-28(4-6-29)10-13(31)9-23-21-24-26-27-25-21/h7-8,11-13,31H,1-6,9-10H2,(H,33,34)(H2,23,24,25,26,27). The number of benzene rings is 1. The first kappa shape index (κ1) is 22.2. The van der Waals surface area contributed by atoms with Gasteiger partial charge in [0.05, 0.1) is 17.3 Å². The van der Waals surface area contributed by atoms with Crippen LogP contribution in [0.1, 0.15) is 29.2 Å². The van der Waals surface area contributed by atoms with Gasteiger partial charge in [-0.3, -0.25) is 9.69 Å². The highest BCUT2D eigenvalue weighted by atomic mass is 19.1. The number of aliphatic hydroxyl groups is 1. The average Bonchev–Trinajstić information content (AvgIpc) is 3.52. The number of nitrogens with one attached hydrogen (secondary N) is 2. The molecule has 0 amide bonds. The molecule has 1 aliphatic carbocycles. The van der Waals surface area contributed by atoms with Gasteiger partial charge in [-0.05, 0) is 30.2 Å². The van der Waals surface area contributed by atoms with Gasteiger partial charge < -0.3 is 25.0 Å². The Morgan fingerprint density at radius 3 is 2.68 bits per heavy atom. The van der Waals surface area contributed by atoms with Crippen LogP contribution in [0.15, 0.2) is 23.1 Å². The van der Waals surface area contributed by atoms with E-state index in [4.69, 9.17) is 0 Å². The molecule has 180 valence electrons. The van der Waals surface area contributed by atoms with Gasteiger partial charge in [-0.15, -0.1) is 5.10 Å². The van der Waals surface area contributed by atoms with Crippen LogP contribution in [-0.2, 0) is 0 Å². The fraction of sp³-hybridized carbons (Fsp3) is 0.476. The van der Waals surface area contributed by atoms with Gasteiger partial charge in [0.25, 0.3) is 5.95 Å². The lowest BCUT2D eigenvalue weighted by molar-refractivity contribution is 0.0694. The summed E-state index contributed by atoms with van der Waals surface area (Å²) in [6.45, 7) is 3.07. The smallest absolute Gasteiger partial charge is 0.341 e. The minimum Gasteiger partial charge on any atom is -0.477 e. The molecule has 0 bridgehead atoms. The Morgan fingerprint density at radius 1 is 1.26 bits per heavy atom. The summed E-state index contributed by atoms with van der Waals surface area (Å²) >= 11 is 0. The van der Waals surface area contributed by atoms with Crippen molar-refractivity contribution in [3.8, 4) is 0 Å². The van der Waals surface area contributed by atoms with Crippen molar-refractivity contribution in [2.45, 2.75) is 25.0 Å². The summed E-state index contributed by atoms with van der Waals surface area (Å²) < 4.78 is 16.9. The summed E-state index contributed by atoms with van der Waals surface area (Å²) in [7, 11) is 0. The van der Waals surface area contributed by atoms with Crippen LogP contribution in [0.25, 0.3) is 10.9 Å². The predicted octanol–water partition coefficient (Wildman–Crippen LogP) is 0.282. The van der Waals surface area contributed by atoms with Crippen molar-refractivity contribution in [1.29, 1.82) is 0 Å². The first-order chi connectivity index (χ1) is 16.4. The topological polar surface area (TPSA) is 152 Å². The van der Waals surface area contributed by atoms with Gasteiger partial charge in [0.2, 0.25) is 5.43 Å². The summed E-state index contributed by atoms with van der Waals surface area (Å²) in [5, 5.41) is 36.0. The number of aliphatic hydroxyl groups excluding tert-OH is 1. The van der Waals surface area contributed by atoms with Crippen molar-refractivity contribution >= 4 is 28.5 Å². The molecule has 4 N–H and O–H groups in total. The number of hydrogen-bond donors (Lipinski definition) is 4. The summed E-state index contributed by atoms with van der Waals surface area (Å²) in [6.07, 6.45) is 2.53. The van der Waals surface area contributed by atoms with Gasteiger partial charge in [-0.25, -0.2) is 9.18 Å². The van der Waals surface area contributed by atoms with E-state index in [-0.39, 0.29) is 23.5 Å². The summed E-state index contributed by atoms with van der Waals surface area (Å²) in [5.74, 6) is -1.54. The number of aromatic carboxylic acids is 1. The van der Waals surface area contributed by atoms with Crippen molar-refractivity contribution in [1.82, 2.24) is 30.1 Å². The molecule has 0 radical (unpaired) electrons. The zero-order valence-electron chi connectivity index (χ0n) is 18.3. The number of aromatic nitrogens is 5. The highest BCUT2D eigenvalue weighted by Gasteiger charge is 2.28. The number of aromatic amines is 1. The monoisotopic (exact) mass is 472 g/mol.